The molecule has 0 aromatic heterocycles. The van der Waals surface area contributed by atoms with Crippen LogP contribution >= 0.6 is 11.6 Å². The molecule has 2 unspecified atom stereocenters. The SMILES string of the molecule is O=S1(=O)CC(O)C(Oc2ccc(F)c(Cl)c2)C1. The molecule has 1 aliphatic heterocycles. The van der Waals surface area contributed by atoms with Gasteiger partial charge in [-0.25, -0.2) is 12.8 Å². The van der Waals surface area contributed by atoms with Gasteiger partial charge in [0.05, 0.1) is 16.5 Å². The smallest absolute Gasteiger partial charge is 0.156 e. The summed E-state index contributed by atoms with van der Waals surface area (Å²) in [6.45, 7) is 0. The van der Waals surface area contributed by atoms with Crippen molar-refractivity contribution in [2.45, 2.75) is 12.2 Å². The highest BCUT2D eigenvalue weighted by Crippen LogP contribution is 2.24. The van der Waals surface area contributed by atoms with Gasteiger partial charge in [-0.3, -0.25) is 0 Å². The quantitative estimate of drug-likeness (QED) is 0.878. The maximum Gasteiger partial charge on any atom is 0.156 e. The molecule has 1 N–H and O–H groups in total. The Morgan fingerprint density at radius 2 is 2.12 bits per heavy atom. The van der Waals surface area contributed by atoms with Crippen molar-refractivity contribution in [2.75, 3.05) is 11.5 Å². The molecule has 4 nitrogen and oxygen atoms in total. The number of aliphatic hydroxyl groups excluding tert-OH is 1. The van der Waals surface area contributed by atoms with Crippen LogP contribution in [0, 0.1) is 5.82 Å². The minimum Gasteiger partial charge on any atom is -0.487 e. The molecule has 2 rings (SSSR count). The van der Waals surface area contributed by atoms with E-state index in [9.17, 15) is 17.9 Å². The van der Waals surface area contributed by atoms with Crippen molar-refractivity contribution in [3.8, 4) is 5.75 Å². The largest absolute Gasteiger partial charge is 0.487 e. The molecule has 1 aromatic rings. The van der Waals surface area contributed by atoms with E-state index in [2.05, 4.69) is 0 Å². The third kappa shape index (κ3) is 2.88. The van der Waals surface area contributed by atoms with Gasteiger partial charge in [-0.05, 0) is 12.1 Å². The van der Waals surface area contributed by atoms with Gasteiger partial charge in [0.15, 0.2) is 9.84 Å². The molecule has 0 spiro atoms. The number of benzene rings is 1. The molecule has 7 heteroatoms. The monoisotopic (exact) mass is 280 g/mol. The molecule has 0 aliphatic carbocycles. The molecule has 1 fully saturated rings. The maximum atomic E-state index is 12.9. The van der Waals surface area contributed by atoms with Gasteiger partial charge in [-0.15, -0.1) is 0 Å². The van der Waals surface area contributed by atoms with Crippen LogP contribution < -0.4 is 4.74 Å². The fourth-order valence-corrected chi connectivity index (χ4v) is 3.47. The van der Waals surface area contributed by atoms with Gasteiger partial charge in [0.2, 0.25) is 0 Å². The van der Waals surface area contributed by atoms with Crippen LogP contribution in [0.4, 0.5) is 4.39 Å². The normalized spacial score (nSPS) is 27.0. The number of sulfone groups is 1. The third-order valence-electron chi connectivity index (χ3n) is 2.45. The van der Waals surface area contributed by atoms with Crippen LogP contribution in [-0.2, 0) is 9.84 Å². The Morgan fingerprint density at radius 3 is 2.65 bits per heavy atom. The molecular weight excluding hydrogens is 271 g/mol. The van der Waals surface area contributed by atoms with Gasteiger partial charge in [-0.1, -0.05) is 11.6 Å². The summed E-state index contributed by atoms with van der Waals surface area (Å²) >= 11 is 5.56. The number of halogens is 2. The molecular formula is C10H10ClFO4S. The summed E-state index contributed by atoms with van der Waals surface area (Å²) < 4.78 is 40.6. The number of hydrogen-bond acceptors (Lipinski definition) is 4. The second-order valence-corrected chi connectivity index (χ2v) is 6.44. The van der Waals surface area contributed by atoms with Crippen molar-refractivity contribution < 1.29 is 22.7 Å². The van der Waals surface area contributed by atoms with Crippen LogP contribution in [0.3, 0.4) is 0 Å². The molecule has 1 aliphatic rings. The first-order chi connectivity index (χ1) is 7.87. The fourth-order valence-electron chi connectivity index (χ4n) is 1.63. The van der Waals surface area contributed by atoms with Crippen LogP contribution in [0.2, 0.25) is 5.02 Å². The number of aliphatic hydroxyl groups is 1. The summed E-state index contributed by atoms with van der Waals surface area (Å²) in [5.74, 6) is -0.911. The van der Waals surface area contributed by atoms with Crippen molar-refractivity contribution in [1.29, 1.82) is 0 Å². The zero-order chi connectivity index (χ0) is 12.6. The number of rotatable bonds is 2. The molecule has 2 atom stereocenters. The summed E-state index contributed by atoms with van der Waals surface area (Å²) in [5.41, 5.74) is 0. The molecule has 17 heavy (non-hydrogen) atoms. The van der Waals surface area contributed by atoms with Crippen molar-refractivity contribution in [3.05, 3.63) is 29.0 Å². The minimum atomic E-state index is -3.27. The maximum absolute atomic E-state index is 12.9. The zero-order valence-corrected chi connectivity index (χ0v) is 10.2. The summed E-state index contributed by atoms with van der Waals surface area (Å²) in [7, 11) is -3.27. The Bertz CT molecular complexity index is 531. The lowest BCUT2D eigenvalue weighted by molar-refractivity contribution is 0.0737. The van der Waals surface area contributed by atoms with E-state index in [0.717, 1.165) is 6.07 Å². The second-order valence-electron chi connectivity index (χ2n) is 3.88. The summed E-state index contributed by atoms with van der Waals surface area (Å²) in [6.07, 6.45) is -1.90. The highest BCUT2D eigenvalue weighted by Gasteiger charge is 2.38. The Kier molecular flexibility index (Phi) is 3.29. The Balaban J connectivity index is 2.14. The van der Waals surface area contributed by atoms with Gasteiger partial charge < -0.3 is 9.84 Å². The van der Waals surface area contributed by atoms with Gasteiger partial charge >= 0.3 is 0 Å². The fraction of sp³-hybridized carbons (Fsp3) is 0.400. The third-order valence-corrected chi connectivity index (χ3v) is 4.43. The van der Waals surface area contributed by atoms with Crippen LogP contribution in [0.25, 0.3) is 0 Å². The molecule has 1 aromatic carbocycles. The van der Waals surface area contributed by atoms with Gasteiger partial charge in [0.25, 0.3) is 0 Å². The average Bonchev–Trinajstić information content (AvgIpc) is 2.46. The van der Waals surface area contributed by atoms with Crippen LogP contribution in [0.5, 0.6) is 5.75 Å². The van der Waals surface area contributed by atoms with Crippen molar-refractivity contribution in [3.63, 3.8) is 0 Å². The summed E-state index contributed by atoms with van der Waals surface area (Å²) in [6, 6.07) is 3.70. The standard InChI is InChI=1S/C10H10ClFO4S/c11-7-3-6(1-2-8(7)12)16-10-5-17(14,15)4-9(10)13/h1-3,9-10,13H,4-5H2. The summed E-state index contributed by atoms with van der Waals surface area (Å²) in [4.78, 5) is 0. The van der Waals surface area contributed by atoms with E-state index in [1.165, 1.54) is 12.1 Å². The Morgan fingerprint density at radius 1 is 1.41 bits per heavy atom. The highest BCUT2D eigenvalue weighted by molar-refractivity contribution is 7.91. The van der Waals surface area contributed by atoms with E-state index in [-0.39, 0.29) is 22.3 Å². The topological polar surface area (TPSA) is 63.6 Å². The molecule has 0 bridgehead atoms. The van der Waals surface area contributed by atoms with Gasteiger partial charge in [0.1, 0.15) is 23.8 Å². The predicted molar refractivity (Wildman–Crippen MR) is 60.5 cm³/mol. The van der Waals surface area contributed by atoms with Crippen molar-refractivity contribution in [2.24, 2.45) is 0 Å². The van der Waals surface area contributed by atoms with Crippen molar-refractivity contribution in [1.82, 2.24) is 0 Å². The van der Waals surface area contributed by atoms with Crippen LogP contribution in [-0.4, -0.2) is 37.2 Å². The molecule has 94 valence electrons. The summed E-state index contributed by atoms with van der Waals surface area (Å²) in [5, 5.41) is 9.39. The first-order valence-electron chi connectivity index (χ1n) is 4.87. The number of hydrogen-bond donors (Lipinski definition) is 1. The molecule has 1 heterocycles. The van der Waals surface area contributed by atoms with E-state index in [4.69, 9.17) is 16.3 Å². The minimum absolute atomic E-state index is 0.113. The molecule has 0 saturated carbocycles. The first-order valence-corrected chi connectivity index (χ1v) is 7.07. The van der Waals surface area contributed by atoms with Crippen LogP contribution in [0.1, 0.15) is 0 Å². The Hall–Kier alpha value is -0.850. The number of ether oxygens (including phenoxy) is 1. The van der Waals surface area contributed by atoms with E-state index in [1.54, 1.807) is 0 Å². The second kappa shape index (κ2) is 4.44. The van der Waals surface area contributed by atoms with E-state index in [1.807, 2.05) is 0 Å². The van der Waals surface area contributed by atoms with E-state index >= 15 is 0 Å². The molecule has 0 radical (unpaired) electrons. The van der Waals surface area contributed by atoms with E-state index < -0.39 is 27.9 Å². The predicted octanol–water partition coefficient (Wildman–Crippen LogP) is 1.02. The van der Waals surface area contributed by atoms with Gasteiger partial charge in [-0.2, -0.15) is 0 Å². The van der Waals surface area contributed by atoms with E-state index in [0.29, 0.717) is 0 Å². The average molecular weight is 281 g/mol. The van der Waals surface area contributed by atoms with Crippen LogP contribution in [0.15, 0.2) is 18.2 Å². The van der Waals surface area contributed by atoms with Gasteiger partial charge in [0, 0.05) is 6.07 Å². The zero-order valence-electron chi connectivity index (χ0n) is 8.64. The van der Waals surface area contributed by atoms with Crippen molar-refractivity contribution >= 4 is 21.4 Å². The Labute approximate surface area is 103 Å². The first kappa shape index (κ1) is 12.6. The highest BCUT2D eigenvalue weighted by atomic mass is 35.5. The lowest BCUT2D eigenvalue weighted by Gasteiger charge is -2.15. The molecule has 0 amide bonds. The lowest BCUT2D eigenvalue weighted by Crippen LogP contribution is -2.29. The molecule has 1 saturated heterocycles. The lowest BCUT2D eigenvalue weighted by atomic mass is 10.2.